The van der Waals surface area contributed by atoms with E-state index in [2.05, 4.69) is 15.4 Å². The molecule has 0 fully saturated rings. The molecule has 20 heavy (non-hydrogen) atoms. The Labute approximate surface area is 115 Å². The molecule has 3 aromatic rings. The van der Waals surface area contributed by atoms with Gasteiger partial charge in [0.25, 0.3) is 0 Å². The van der Waals surface area contributed by atoms with Gasteiger partial charge in [-0.2, -0.15) is 5.10 Å². The van der Waals surface area contributed by atoms with Crippen LogP contribution in [0.15, 0.2) is 53.9 Å². The molecule has 1 N–H and O–H groups in total. The Morgan fingerprint density at radius 3 is 2.90 bits per heavy atom. The van der Waals surface area contributed by atoms with E-state index in [1.165, 1.54) is 23.4 Å². The summed E-state index contributed by atoms with van der Waals surface area (Å²) < 4.78 is 20.5. The van der Waals surface area contributed by atoms with Gasteiger partial charge in [0.1, 0.15) is 18.3 Å². The first-order valence-electron chi connectivity index (χ1n) is 6.17. The normalized spacial score (nSPS) is 12.3. The fourth-order valence-corrected chi connectivity index (χ4v) is 1.97. The van der Waals surface area contributed by atoms with Crippen LogP contribution >= 0.6 is 0 Å². The number of nitrogens with zero attached hydrogens (tertiary/aromatic N) is 3. The van der Waals surface area contributed by atoms with Crippen LogP contribution in [0.5, 0.6) is 0 Å². The van der Waals surface area contributed by atoms with Crippen LogP contribution in [0.1, 0.15) is 18.5 Å². The molecule has 3 rings (SSSR count). The van der Waals surface area contributed by atoms with Crippen LogP contribution in [0, 0.1) is 5.82 Å². The Morgan fingerprint density at radius 2 is 2.25 bits per heavy atom. The van der Waals surface area contributed by atoms with Gasteiger partial charge in [-0.3, -0.25) is 0 Å². The number of halogens is 1. The van der Waals surface area contributed by atoms with E-state index < -0.39 is 0 Å². The topological polar surface area (TPSA) is 55.9 Å². The van der Waals surface area contributed by atoms with E-state index in [0.717, 1.165) is 5.56 Å². The highest BCUT2D eigenvalue weighted by Gasteiger charge is 2.10. The molecule has 0 spiro atoms. The zero-order chi connectivity index (χ0) is 13.9. The van der Waals surface area contributed by atoms with Gasteiger partial charge in [-0.1, -0.05) is 0 Å². The summed E-state index contributed by atoms with van der Waals surface area (Å²) in [7, 11) is 0. The number of furan rings is 1. The smallest absolute Gasteiger partial charge is 0.150 e. The summed E-state index contributed by atoms with van der Waals surface area (Å²) >= 11 is 0. The average Bonchev–Trinajstić information content (AvgIpc) is 3.12. The SMILES string of the molecule is CC(Nc1ccc(-n2cncn2)c(F)c1)c1ccoc1. The summed E-state index contributed by atoms with van der Waals surface area (Å²) in [5.74, 6) is -0.361. The van der Waals surface area contributed by atoms with Crippen LogP contribution in [0.2, 0.25) is 0 Å². The lowest BCUT2D eigenvalue weighted by Gasteiger charge is -2.14. The Kier molecular flexibility index (Phi) is 3.20. The minimum atomic E-state index is -0.361. The zero-order valence-electron chi connectivity index (χ0n) is 10.8. The van der Waals surface area contributed by atoms with Crippen molar-refractivity contribution in [3.05, 3.63) is 60.8 Å². The molecule has 1 aromatic carbocycles. The molecule has 2 aromatic heterocycles. The largest absolute Gasteiger partial charge is 0.472 e. The second-order valence-corrected chi connectivity index (χ2v) is 4.43. The van der Waals surface area contributed by atoms with Crippen molar-refractivity contribution in [1.29, 1.82) is 0 Å². The number of hydrogen-bond donors (Lipinski definition) is 1. The molecule has 0 radical (unpaired) electrons. The van der Waals surface area contributed by atoms with Crippen LogP contribution < -0.4 is 5.32 Å². The maximum atomic E-state index is 14.1. The first-order chi connectivity index (χ1) is 9.74. The highest BCUT2D eigenvalue weighted by atomic mass is 19.1. The molecule has 1 unspecified atom stereocenters. The van der Waals surface area contributed by atoms with Crippen LogP contribution in [0.25, 0.3) is 5.69 Å². The van der Waals surface area contributed by atoms with Gasteiger partial charge in [0, 0.05) is 11.3 Å². The summed E-state index contributed by atoms with van der Waals surface area (Å²) in [6, 6.07) is 6.81. The van der Waals surface area contributed by atoms with Crippen molar-refractivity contribution in [3.8, 4) is 5.69 Å². The van der Waals surface area contributed by atoms with Crippen molar-refractivity contribution in [2.75, 3.05) is 5.32 Å². The summed E-state index contributed by atoms with van der Waals surface area (Å²) in [5.41, 5.74) is 2.06. The van der Waals surface area contributed by atoms with E-state index in [1.807, 2.05) is 13.0 Å². The maximum Gasteiger partial charge on any atom is 0.150 e. The maximum absolute atomic E-state index is 14.1. The predicted octanol–water partition coefficient (Wildman–Crippen LogP) is 3.17. The highest BCUT2D eigenvalue weighted by molar-refractivity contribution is 5.50. The van der Waals surface area contributed by atoms with Gasteiger partial charge in [0.15, 0.2) is 5.82 Å². The minimum absolute atomic E-state index is 0.0328. The lowest BCUT2D eigenvalue weighted by atomic mass is 10.1. The van der Waals surface area contributed by atoms with Crippen LogP contribution in [-0.2, 0) is 0 Å². The van der Waals surface area contributed by atoms with Gasteiger partial charge in [-0.25, -0.2) is 14.1 Å². The second kappa shape index (κ2) is 5.16. The molecule has 102 valence electrons. The van der Waals surface area contributed by atoms with Crippen molar-refractivity contribution in [1.82, 2.24) is 14.8 Å². The van der Waals surface area contributed by atoms with E-state index in [0.29, 0.717) is 11.4 Å². The molecule has 0 aliphatic heterocycles. The molecule has 0 aliphatic carbocycles. The lowest BCUT2D eigenvalue weighted by molar-refractivity contribution is 0.562. The molecule has 0 saturated heterocycles. The Bertz CT molecular complexity index is 679. The predicted molar refractivity (Wildman–Crippen MR) is 72.1 cm³/mol. The Balaban J connectivity index is 1.81. The molecule has 5 nitrogen and oxygen atoms in total. The van der Waals surface area contributed by atoms with E-state index in [-0.39, 0.29) is 11.9 Å². The third kappa shape index (κ3) is 2.40. The van der Waals surface area contributed by atoms with E-state index >= 15 is 0 Å². The number of anilines is 1. The van der Waals surface area contributed by atoms with Gasteiger partial charge in [-0.15, -0.1) is 0 Å². The standard InChI is InChI=1S/C14H13FN4O/c1-10(11-4-5-20-7-11)18-12-2-3-14(13(15)6-12)19-9-16-8-17-19/h2-10,18H,1H3. The summed E-state index contributed by atoms with van der Waals surface area (Å²) in [6.45, 7) is 1.98. The van der Waals surface area contributed by atoms with E-state index in [9.17, 15) is 4.39 Å². The molecule has 6 heteroatoms. The minimum Gasteiger partial charge on any atom is -0.472 e. The lowest BCUT2D eigenvalue weighted by Crippen LogP contribution is -2.06. The van der Waals surface area contributed by atoms with Crippen molar-refractivity contribution in [3.63, 3.8) is 0 Å². The van der Waals surface area contributed by atoms with Gasteiger partial charge in [0.2, 0.25) is 0 Å². The van der Waals surface area contributed by atoms with Gasteiger partial charge in [0.05, 0.1) is 18.6 Å². The fraction of sp³-hybridized carbons (Fsp3) is 0.143. The van der Waals surface area contributed by atoms with Gasteiger partial charge >= 0.3 is 0 Å². The number of rotatable bonds is 4. The van der Waals surface area contributed by atoms with Gasteiger partial charge < -0.3 is 9.73 Å². The van der Waals surface area contributed by atoms with Crippen LogP contribution in [-0.4, -0.2) is 14.8 Å². The molecule has 0 bridgehead atoms. The third-order valence-electron chi connectivity index (χ3n) is 3.04. The summed E-state index contributed by atoms with van der Waals surface area (Å²) in [5, 5.41) is 7.12. The highest BCUT2D eigenvalue weighted by Crippen LogP contribution is 2.22. The van der Waals surface area contributed by atoms with Crippen LogP contribution in [0.4, 0.5) is 10.1 Å². The molecular weight excluding hydrogens is 259 g/mol. The van der Waals surface area contributed by atoms with Crippen LogP contribution in [0.3, 0.4) is 0 Å². The van der Waals surface area contributed by atoms with Crippen molar-refractivity contribution in [2.45, 2.75) is 13.0 Å². The Hall–Kier alpha value is -2.63. The van der Waals surface area contributed by atoms with Crippen molar-refractivity contribution < 1.29 is 8.81 Å². The van der Waals surface area contributed by atoms with Crippen molar-refractivity contribution in [2.24, 2.45) is 0 Å². The van der Waals surface area contributed by atoms with Crippen molar-refractivity contribution >= 4 is 5.69 Å². The first kappa shape index (κ1) is 12.4. The molecule has 0 aliphatic rings. The second-order valence-electron chi connectivity index (χ2n) is 4.43. The zero-order valence-corrected chi connectivity index (χ0v) is 10.8. The van der Waals surface area contributed by atoms with Gasteiger partial charge in [-0.05, 0) is 31.2 Å². The Morgan fingerprint density at radius 1 is 1.35 bits per heavy atom. The third-order valence-corrected chi connectivity index (χ3v) is 3.04. The molecule has 0 amide bonds. The number of benzene rings is 1. The molecule has 0 saturated carbocycles. The summed E-state index contributed by atoms with van der Waals surface area (Å²) in [6.07, 6.45) is 6.10. The van der Waals surface area contributed by atoms with E-state index in [4.69, 9.17) is 4.42 Å². The number of hydrogen-bond acceptors (Lipinski definition) is 4. The first-order valence-corrected chi connectivity index (χ1v) is 6.17. The molecular formula is C14H13FN4O. The summed E-state index contributed by atoms with van der Waals surface area (Å²) in [4.78, 5) is 3.80. The average molecular weight is 272 g/mol. The molecule has 1 atom stereocenters. The number of nitrogens with one attached hydrogen (secondary N) is 1. The molecule has 2 heterocycles. The van der Waals surface area contributed by atoms with E-state index in [1.54, 1.807) is 24.7 Å². The fourth-order valence-electron chi connectivity index (χ4n) is 1.97. The quantitative estimate of drug-likeness (QED) is 0.792. The number of aromatic nitrogens is 3. The monoisotopic (exact) mass is 272 g/mol.